The van der Waals surface area contributed by atoms with Crippen molar-refractivity contribution in [1.82, 2.24) is 5.43 Å². The summed E-state index contributed by atoms with van der Waals surface area (Å²) in [4.78, 5) is 38.4. The number of nitrogens with two attached hydrogens (primary N) is 2. The van der Waals surface area contributed by atoms with Gasteiger partial charge in [-0.05, 0) is 35.1 Å². The number of aliphatic imine (C=N–C) groups is 1. The molecule has 3 rings (SSSR count). The summed E-state index contributed by atoms with van der Waals surface area (Å²) in [6.07, 6.45) is -0.235. The molecule has 2 aromatic rings. The summed E-state index contributed by atoms with van der Waals surface area (Å²) in [5.74, 6) is -3.27. The maximum absolute atomic E-state index is 12.7. The molecule has 11 heteroatoms. The van der Waals surface area contributed by atoms with Crippen molar-refractivity contribution in [1.29, 1.82) is 0 Å². The average Bonchev–Trinajstić information content (AvgIpc) is 3.08. The zero-order valence-corrected chi connectivity index (χ0v) is 17.1. The van der Waals surface area contributed by atoms with E-state index >= 15 is 0 Å². The summed E-state index contributed by atoms with van der Waals surface area (Å²) < 4.78 is 5.39. The number of carbonyl (C=O) groups is 2. The van der Waals surface area contributed by atoms with Crippen LogP contribution in [0.25, 0.3) is 11.1 Å². The second-order valence-corrected chi connectivity index (χ2v) is 7.34. The number of esters is 1. The van der Waals surface area contributed by atoms with Gasteiger partial charge in [-0.1, -0.05) is 54.0 Å². The molecular weight excluding hydrogens is 418 g/mol. The van der Waals surface area contributed by atoms with E-state index < -0.39 is 28.5 Å². The topological polar surface area (TPSA) is 183 Å². The molecule has 1 aliphatic carbocycles. The van der Waals surface area contributed by atoms with Crippen molar-refractivity contribution < 1.29 is 24.5 Å². The fourth-order valence-corrected chi connectivity index (χ4v) is 3.71. The molecule has 2 aromatic carbocycles. The molecule has 32 heavy (non-hydrogen) atoms. The number of carboxylic acids is 1. The highest BCUT2D eigenvalue weighted by Gasteiger charge is 2.44. The van der Waals surface area contributed by atoms with Crippen LogP contribution < -0.4 is 16.9 Å². The molecule has 0 saturated heterocycles. The highest BCUT2D eigenvalue weighted by molar-refractivity contribution is 6.03. The Kier molecular flexibility index (Phi) is 6.69. The van der Waals surface area contributed by atoms with E-state index in [1.54, 1.807) is 5.43 Å². The van der Waals surface area contributed by atoms with E-state index in [2.05, 4.69) is 4.99 Å². The molecule has 1 aliphatic rings. The van der Waals surface area contributed by atoms with Crippen LogP contribution >= 0.6 is 0 Å². The fraction of sp³-hybridized carbons (Fsp3) is 0.286. The molecule has 0 aliphatic heterocycles. The number of hydrazine groups is 1. The normalized spacial score (nSPS) is 14.7. The van der Waals surface area contributed by atoms with Gasteiger partial charge in [0.1, 0.15) is 6.61 Å². The number of nitrogens with one attached hydrogen (secondary N) is 1. The van der Waals surface area contributed by atoms with Gasteiger partial charge >= 0.3 is 11.9 Å². The summed E-state index contributed by atoms with van der Waals surface area (Å²) in [5.41, 5.74) is 14.6. The van der Waals surface area contributed by atoms with Gasteiger partial charge < -0.3 is 21.3 Å². The van der Waals surface area contributed by atoms with Crippen LogP contribution in [-0.4, -0.2) is 46.7 Å². The number of guanidine groups is 1. The quantitative estimate of drug-likeness (QED) is 0.0838. The number of aliphatic carboxylic acids is 1. The molecule has 11 nitrogen and oxygen atoms in total. The molecule has 1 atom stereocenters. The van der Waals surface area contributed by atoms with E-state index in [1.807, 2.05) is 48.5 Å². The molecule has 0 amide bonds. The first-order valence-corrected chi connectivity index (χ1v) is 9.82. The van der Waals surface area contributed by atoms with Crippen molar-refractivity contribution in [2.45, 2.75) is 24.3 Å². The molecular formula is C21H23N5O6. The molecule has 0 unspecified atom stereocenters. The zero-order chi connectivity index (χ0) is 23.3. The standard InChI is InChI=1S/C21H23N5O6/c22-20(25-26(30)31)24-11-5-10-21(23,18(27)28)19(29)32-12-17-15-8-3-1-6-13(15)14-7-2-4-9-16(14)17/h1-4,6-9,17H,5,10-12,23H2,(H,27,28)(H3,22,24,25)/t21-/m0/s1. The van der Waals surface area contributed by atoms with Crippen LogP contribution in [0.4, 0.5) is 0 Å². The number of ether oxygens (including phenoxy) is 1. The lowest BCUT2D eigenvalue weighted by atomic mass is 9.94. The Morgan fingerprint density at radius 3 is 2.25 bits per heavy atom. The minimum Gasteiger partial charge on any atom is -0.479 e. The molecule has 0 heterocycles. The van der Waals surface area contributed by atoms with Crippen LogP contribution in [0.1, 0.15) is 29.9 Å². The lowest BCUT2D eigenvalue weighted by Crippen LogP contribution is -2.56. The zero-order valence-electron chi connectivity index (χ0n) is 17.1. The Bertz CT molecular complexity index is 1030. The Hall–Kier alpha value is -3.99. The summed E-state index contributed by atoms with van der Waals surface area (Å²) in [5, 5.41) is 19.0. The van der Waals surface area contributed by atoms with Gasteiger partial charge in [0.25, 0.3) is 5.96 Å². The van der Waals surface area contributed by atoms with E-state index in [1.165, 1.54) is 0 Å². The van der Waals surface area contributed by atoms with Crippen molar-refractivity contribution in [3.63, 3.8) is 0 Å². The van der Waals surface area contributed by atoms with Gasteiger partial charge in [-0.3, -0.25) is 0 Å². The lowest BCUT2D eigenvalue weighted by Gasteiger charge is -2.24. The summed E-state index contributed by atoms with van der Waals surface area (Å²) in [6, 6.07) is 15.5. The van der Waals surface area contributed by atoms with Crippen LogP contribution in [0.2, 0.25) is 0 Å². The fourth-order valence-electron chi connectivity index (χ4n) is 3.71. The van der Waals surface area contributed by atoms with Crippen LogP contribution in [0, 0.1) is 10.1 Å². The SMILES string of the molecule is NC(=NCCC[C@](N)(C(=O)O)C(=O)OCC1c2ccccc2-c2ccccc21)N[N+](=O)[O-]. The lowest BCUT2D eigenvalue weighted by molar-refractivity contribution is -0.525. The van der Waals surface area contributed by atoms with Gasteiger partial charge in [0.15, 0.2) is 5.03 Å². The van der Waals surface area contributed by atoms with Gasteiger partial charge in [0.2, 0.25) is 5.54 Å². The summed E-state index contributed by atoms with van der Waals surface area (Å²) >= 11 is 0. The van der Waals surface area contributed by atoms with Gasteiger partial charge in [-0.2, -0.15) is 0 Å². The maximum Gasteiger partial charge on any atom is 0.337 e. The maximum atomic E-state index is 12.7. The van der Waals surface area contributed by atoms with Crippen LogP contribution in [-0.2, 0) is 14.3 Å². The summed E-state index contributed by atoms with van der Waals surface area (Å²) in [6.45, 7) is -0.119. The van der Waals surface area contributed by atoms with Crippen LogP contribution in [0.15, 0.2) is 53.5 Å². The van der Waals surface area contributed by atoms with Gasteiger partial charge in [-0.15, -0.1) is 0 Å². The predicted molar refractivity (Wildman–Crippen MR) is 115 cm³/mol. The van der Waals surface area contributed by atoms with E-state index in [4.69, 9.17) is 16.2 Å². The van der Waals surface area contributed by atoms with E-state index in [9.17, 15) is 24.8 Å². The Morgan fingerprint density at radius 2 is 1.72 bits per heavy atom. The third-order valence-electron chi connectivity index (χ3n) is 5.31. The van der Waals surface area contributed by atoms with Crippen molar-refractivity contribution in [2.75, 3.05) is 13.2 Å². The number of rotatable bonds is 9. The largest absolute Gasteiger partial charge is 0.479 e. The monoisotopic (exact) mass is 441 g/mol. The number of fused-ring (bicyclic) bond motifs is 3. The molecule has 0 spiro atoms. The third kappa shape index (κ3) is 4.67. The summed E-state index contributed by atoms with van der Waals surface area (Å²) in [7, 11) is 0. The molecule has 0 fully saturated rings. The Morgan fingerprint density at radius 1 is 1.16 bits per heavy atom. The average molecular weight is 441 g/mol. The first-order chi connectivity index (χ1) is 15.2. The Balaban J connectivity index is 1.67. The van der Waals surface area contributed by atoms with Crippen molar-refractivity contribution in [2.24, 2.45) is 16.5 Å². The molecule has 0 bridgehead atoms. The number of carboxylic acid groups (broad SMARTS) is 1. The first kappa shape index (κ1) is 22.7. The van der Waals surface area contributed by atoms with E-state index in [-0.39, 0.29) is 31.9 Å². The number of carbonyl (C=O) groups excluding carboxylic acids is 1. The van der Waals surface area contributed by atoms with Gasteiger partial charge in [0.05, 0.1) is 0 Å². The van der Waals surface area contributed by atoms with E-state index in [0.717, 1.165) is 22.3 Å². The number of hydrogen-bond donors (Lipinski definition) is 4. The minimum absolute atomic E-state index is 0.0487. The minimum atomic E-state index is -2.28. The van der Waals surface area contributed by atoms with Crippen LogP contribution in [0.3, 0.4) is 0 Å². The highest BCUT2D eigenvalue weighted by Crippen LogP contribution is 2.44. The van der Waals surface area contributed by atoms with Gasteiger partial charge in [0, 0.05) is 12.5 Å². The third-order valence-corrected chi connectivity index (χ3v) is 5.31. The highest BCUT2D eigenvalue weighted by atomic mass is 16.7. The Labute approximate surface area is 183 Å². The van der Waals surface area contributed by atoms with Gasteiger partial charge in [-0.25, -0.2) is 24.7 Å². The van der Waals surface area contributed by atoms with Crippen molar-refractivity contribution in [3.8, 4) is 11.1 Å². The second kappa shape index (κ2) is 9.43. The van der Waals surface area contributed by atoms with Crippen LogP contribution in [0.5, 0.6) is 0 Å². The molecule has 168 valence electrons. The number of nitro groups is 1. The molecule has 0 aromatic heterocycles. The molecule has 0 radical (unpaired) electrons. The van der Waals surface area contributed by atoms with Crippen molar-refractivity contribution >= 4 is 17.9 Å². The second-order valence-electron chi connectivity index (χ2n) is 7.34. The number of hydrogen-bond acceptors (Lipinski definition) is 7. The first-order valence-electron chi connectivity index (χ1n) is 9.82. The predicted octanol–water partition coefficient (Wildman–Crippen LogP) is 1.00. The van der Waals surface area contributed by atoms with E-state index in [0.29, 0.717) is 0 Å². The molecule has 0 saturated carbocycles. The number of benzene rings is 2. The van der Waals surface area contributed by atoms with Crippen molar-refractivity contribution in [3.05, 3.63) is 69.8 Å². The number of nitrogens with zero attached hydrogens (tertiary/aromatic N) is 2. The smallest absolute Gasteiger partial charge is 0.337 e. The molecule has 6 N–H and O–H groups in total.